The number of nitrogens with zero attached hydrogens (tertiary/aromatic N) is 1. The molecule has 1 amide bonds. The van der Waals surface area contributed by atoms with Crippen molar-refractivity contribution in [3.8, 4) is 0 Å². The Bertz CT molecular complexity index is 1300. The lowest BCUT2D eigenvalue weighted by molar-refractivity contribution is 0.0711. The summed E-state index contributed by atoms with van der Waals surface area (Å²) in [6.45, 7) is 5.04. The first-order valence-corrected chi connectivity index (χ1v) is 11.1. The number of amides is 1. The molecule has 1 fully saturated rings. The van der Waals surface area contributed by atoms with E-state index in [0.29, 0.717) is 37.2 Å². The minimum Gasteiger partial charge on any atom is -0.361 e. The minimum absolute atomic E-state index is 0.0315. The highest BCUT2D eigenvalue weighted by molar-refractivity contribution is 6.02. The van der Waals surface area contributed by atoms with E-state index in [2.05, 4.69) is 9.97 Å². The zero-order valence-corrected chi connectivity index (χ0v) is 18.3. The third kappa shape index (κ3) is 3.55. The first-order valence-electron chi connectivity index (χ1n) is 11.1. The zero-order chi connectivity index (χ0) is 22.6. The molecule has 3 aromatic rings. The van der Waals surface area contributed by atoms with Crippen molar-refractivity contribution in [2.24, 2.45) is 5.41 Å². The number of Topliss-reactive ketones (excluding diaryl/α,β-unsaturated/α-hetero) is 1. The highest BCUT2D eigenvalue weighted by Gasteiger charge is 2.34. The van der Waals surface area contributed by atoms with Crippen LogP contribution in [0.4, 0.5) is 4.39 Å². The first kappa shape index (κ1) is 20.7. The molecular formula is C25H26FN3O3. The summed E-state index contributed by atoms with van der Waals surface area (Å²) in [4.78, 5) is 46.0. The fourth-order valence-corrected chi connectivity index (χ4v) is 5.21. The van der Waals surface area contributed by atoms with Gasteiger partial charge in [0.05, 0.1) is 0 Å². The second-order valence-electron chi connectivity index (χ2n) is 9.85. The Morgan fingerprint density at radius 3 is 2.62 bits per heavy atom. The number of piperidine rings is 1. The van der Waals surface area contributed by atoms with Crippen LogP contribution in [0.1, 0.15) is 71.0 Å². The largest absolute Gasteiger partial charge is 0.361 e. The third-order valence-electron chi connectivity index (χ3n) is 6.85. The Kier molecular flexibility index (Phi) is 4.80. The molecule has 2 aliphatic rings. The fraction of sp³-hybridized carbons (Fsp3) is 0.400. The molecule has 32 heavy (non-hydrogen) atoms. The molecule has 0 bridgehead atoms. The number of likely N-dealkylation sites (tertiary alicyclic amines) is 1. The SMILES string of the molecule is CC1(C)CC(=O)c2cc(C(=O)N3CCC(c4c[nH]c5cc(F)ccc45)CC3)c(=O)[nH]c2C1. The minimum atomic E-state index is -0.431. The maximum atomic E-state index is 13.5. The molecule has 1 aliphatic carbocycles. The van der Waals surface area contributed by atoms with Crippen LogP contribution < -0.4 is 5.56 Å². The molecule has 0 saturated carbocycles. The average Bonchev–Trinajstić information content (AvgIpc) is 3.15. The topological polar surface area (TPSA) is 86.0 Å². The van der Waals surface area contributed by atoms with Crippen LogP contribution in [0.2, 0.25) is 0 Å². The van der Waals surface area contributed by atoms with Crippen molar-refractivity contribution in [2.75, 3.05) is 13.1 Å². The monoisotopic (exact) mass is 435 g/mol. The Hall–Kier alpha value is -3.22. The number of halogens is 1. The number of aromatic nitrogens is 2. The van der Waals surface area contributed by atoms with Gasteiger partial charge in [0.1, 0.15) is 11.4 Å². The predicted octanol–water partition coefficient (Wildman–Crippen LogP) is 4.17. The summed E-state index contributed by atoms with van der Waals surface area (Å²) in [6, 6.07) is 6.23. The van der Waals surface area contributed by atoms with Crippen molar-refractivity contribution in [1.82, 2.24) is 14.9 Å². The number of fused-ring (bicyclic) bond motifs is 2. The van der Waals surface area contributed by atoms with Crippen LogP contribution in [0.15, 0.2) is 35.3 Å². The van der Waals surface area contributed by atoms with Gasteiger partial charge < -0.3 is 14.9 Å². The van der Waals surface area contributed by atoms with E-state index >= 15 is 0 Å². The predicted molar refractivity (Wildman–Crippen MR) is 120 cm³/mol. The summed E-state index contributed by atoms with van der Waals surface area (Å²) in [7, 11) is 0. The molecule has 1 aliphatic heterocycles. The van der Waals surface area contributed by atoms with Gasteiger partial charge in [-0.1, -0.05) is 13.8 Å². The van der Waals surface area contributed by atoms with Crippen LogP contribution in [-0.2, 0) is 6.42 Å². The van der Waals surface area contributed by atoms with Crippen molar-refractivity contribution in [3.63, 3.8) is 0 Å². The molecule has 2 N–H and O–H groups in total. The number of pyridine rings is 1. The number of hydrogen-bond acceptors (Lipinski definition) is 3. The molecule has 7 heteroatoms. The average molecular weight is 435 g/mol. The Morgan fingerprint density at radius 2 is 1.88 bits per heavy atom. The van der Waals surface area contributed by atoms with E-state index in [9.17, 15) is 18.8 Å². The fourth-order valence-electron chi connectivity index (χ4n) is 5.21. The number of carbonyl (C=O) groups is 2. The number of nitrogens with one attached hydrogen (secondary N) is 2. The molecule has 0 radical (unpaired) electrons. The number of aromatic amines is 2. The lowest BCUT2D eigenvalue weighted by Crippen LogP contribution is -2.41. The smallest absolute Gasteiger partial charge is 0.261 e. The standard InChI is InChI=1S/C25H26FN3O3/c1-25(2)11-21-17(22(30)12-25)10-18(23(31)28-21)24(32)29-7-5-14(6-8-29)19-13-27-20-9-15(26)3-4-16(19)20/h3-4,9-10,13-14,27H,5-8,11-12H2,1-2H3,(H,28,31). The quantitative estimate of drug-likeness (QED) is 0.634. The number of carbonyl (C=O) groups excluding carboxylic acids is 2. The van der Waals surface area contributed by atoms with Gasteiger partial charge in [0.15, 0.2) is 5.78 Å². The maximum Gasteiger partial charge on any atom is 0.261 e. The van der Waals surface area contributed by atoms with E-state index in [4.69, 9.17) is 0 Å². The molecule has 1 saturated heterocycles. The van der Waals surface area contributed by atoms with Crippen LogP contribution in [0.5, 0.6) is 0 Å². The summed E-state index contributed by atoms with van der Waals surface area (Å²) in [6.07, 6.45) is 4.45. The van der Waals surface area contributed by atoms with Gasteiger partial charge in [-0.05, 0) is 60.4 Å². The lowest BCUT2D eigenvalue weighted by Gasteiger charge is -2.32. The van der Waals surface area contributed by atoms with Gasteiger partial charge in [-0.25, -0.2) is 4.39 Å². The first-order chi connectivity index (χ1) is 15.2. The molecule has 0 spiro atoms. The van der Waals surface area contributed by atoms with Crippen LogP contribution in [0.25, 0.3) is 10.9 Å². The highest BCUT2D eigenvalue weighted by Crippen LogP contribution is 2.35. The number of rotatable bonds is 2. The number of ketones is 1. The van der Waals surface area contributed by atoms with Crippen molar-refractivity contribution in [2.45, 2.75) is 45.4 Å². The third-order valence-corrected chi connectivity index (χ3v) is 6.85. The number of hydrogen-bond donors (Lipinski definition) is 2. The molecule has 166 valence electrons. The van der Waals surface area contributed by atoms with Gasteiger partial charge in [0.2, 0.25) is 0 Å². The number of H-pyrrole nitrogens is 2. The van der Waals surface area contributed by atoms with Crippen molar-refractivity contribution >= 4 is 22.6 Å². The van der Waals surface area contributed by atoms with Gasteiger partial charge >= 0.3 is 0 Å². The van der Waals surface area contributed by atoms with Crippen molar-refractivity contribution < 1.29 is 14.0 Å². The normalized spacial score (nSPS) is 18.7. The van der Waals surface area contributed by atoms with Crippen LogP contribution in [0.3, 0.4) is 0 Å². The molecule has 0 unspecified atom stereocenters. The molecular weight excluding hydrogens is 409 g/mol. The Morgan fingerprint density at radius 1 is 1.12 bits per heavy atom. The summed E-state index contributed by atoms with van der Waals surface area (Å²) in [5.74, 6) is -0.380. The Labute approximate surface area is 184 Å². The Balaban J connectivity index is 1.34. The van der Waals surface area contributed by atoms with E-state index in [1.54, 1.807) is 11.0 Å². The van der Waals surface area contributed by atoms with E-state index in [-0.39, 0.29) is 34.4 Å². The lowest BCUT2D eigenvalue weighted by atomic mass is 9.75. The van der Waals surface area contributed by atoms with Gasteiger partial charge in [-0.3, -0.25) is 14.4 Å². The van der Waals surface area contributed by atoms with Crippen LogP contribution >= 0.6 is 0 Å². The van der Waals surface area contributed by atoms with Gasteiger partial charge in [-0.2, -0.15) is 0 Å². The van der Waals surface area contributed by atoms with E-state index in [0.717, 1.165) is 29.3 Å². The van der Waals surface area contributed by atoms with Crippen molar-refractivity contribution in [3.05, 3.63) is 69.0 Å². The molecule has 1 aromatic carbocycles. The molecule has 2 aromatic heterocycles. The summed E-state index contributed by atoms with van der Waals surface area (Å²) < 4.78 is 13.5. The van der Waals surface area contributed by atoms with Crippen LogP contribution in [-0.4, -0.2) is 39.6 Å². The molecule has 3 heterocycles. The molecule has 5 rings (SSSR count). The van der Waals surface area contributed by atoms with E-state index in [1.807, 2.05) is 20.0 Å². The van der Waals surface area contributed by atoms with E-state index < -0.39 is 5.56 Å². The summed E-state index contributed by atoms with van der Waals surface area (Å²) in [5, 5.41) is 1.00. The summed E-state index contributed by atoms with van der Waals surface area (Å²) >= 11 is 0. The van der Waals surface area contributed by atoms with Gasteiger partial charge in [0, 0.05) is 47.9 Å². The second-order valence-corrected chi connectivity index (χ2v) is 9.85. The molecule has 0 atom stereocenters. The van der Waals surface area contributed by atoms with Crippen molar-refractivity contribution in [1.29, 1.82) is 0 Å². The van der Waals surface area contributed by atoms with Crippen LogP contribution in [0, 0.1) is 11.2 Å². The molecule has 6 nitrogen and oxygen atoms in total. The van der Waals surface area contributed by atoms with Gasteiger partial charge in [0.25, 0.3) is 11.5 Å². The maximum absolute atomic E-state index is 13.5. The van der Waals surface area contributed by atoms with Gasteiger partial charge in [-0.15, -0.1) is 0 Å². The highest BCUT2D eigenvalue weighted by atomic mass is 19.1. The zero-order valence-electron chi connectivity index (χ0n) is 18.3. The number of benzene rings is 1. The second kappa shape index (κ2) is 7.43. The van der Waals surface area contributed by atoms with E-state index in [1.165, 1.54) is 18.2 Å². The summed E-state index contributed by atoms with van der Waals surface area (Å²) in [5.41, 5.74) is 2.40.